The van der Waals surface area contributed by atoms with Gasteiger partial charge in [-0.3, -0.25) is 9.59 Å². The van der Waals surface area contributed by atoms with Gasteiger partial charge in [-0.25, -0.2) is 0 Å². The molecule has 2 rings (SSSR count). The third kappa shape index (κ3) is 3.93. The molecule has 0 atom stereocenters. The first-order valence-electron chi connectivity index (χ1n) is 7.37. The molecule has 2 fully saturated rings. The van der Waals surface area contributed by atoms with Crippen molar-refractivity contribution in [2.24, 2.45) is 5.92 Å². The first kappa shape index (κ1) is 15.3. The van der Waals surface area contributed by atoms with Crippen molar-refractivity contribution in [3.63, 3.8) is 0 Å². The quantitative estimate of drug-likeness (QED) is 0.710. The SMILES string of the molecule is CN(C)CC(=O)N1CCN(C(=O)C2CCOCC2)CC1. The summed E-state index contributed by atoms with van der Waals surface area (Å²) in [6.45, 7) is 4.46. The third-order valence-corrected chi connectivity index (χ3v) is 3.97. The molecule has 114 valence electrons. The molecule has 0 radical (unpaired) electrons. The highest BCUT2D eigenvalue weighted by Crippen LogP contribution is 2.18. The van der Waals surface area contributed by atoms with Gasteiger partial charge in [-0.1, -0.05) is 0 Å². The van der Waals surface area contributed by atoms with Gasteiger partial charge in [-0.2, -0.15) is 0 Å². The Labute approximate surface area is 120 Å². The van der Waals surface area contributed by atoms with Crippen LogP contribution in [0.3, 0.4) is 0 Å². The van der Waals surface area contributed by atoms with Crippen molar-refractivity contribution >= 4 is 11.8 Å². The highest BCUT2D eigenvalue weighted by Gasteiger charge is 2.29. The molecule has 2 saturated heterocycles. The van der Waals surface area contributed by atoms with E-state index in [1.165, 1.54) is 0 Å². The molecular formula is C14H25N3O3. The van der Waals surface area contributed by atoms with Crippen LogP contribution in [0.15, 0.2) is 0 Å². The molecule has 2 aliphatic heterocycles. The van der Waals surface area contributed by atoms with Crippen LogP contribution in [0, 0.1) is 5.92 Å². The molecule has 0 spiro atoms. The van der Waals surface area contributed by atoms with E-state index in [1.807, 2.05) is 28.8 Å². The van der Waals surface area contributed by atoms with Gasteiger partial charge in [0.1, 0.15) is 0 Å². The normalized spacial score (nSPS) is 21.4. The topological polar surface area (TPSA) is 53.1 Å². The number of rotatable bonds is 3. The van der Waals surface area contributed by atoms with E-state index in [4.69, 9.17) is 4.74 Å². The van der Waals surface area contributed by atoms with Crippen LogP contribution in [-0.4, -0.2) is 86.5 Å². The number of carbonyl (C=O) groups is 2. The monoisotopic (exact) mass is 283 g/mol. The lowest BCUT2D eigenvalue weighted by atomic mass is 9.98. The molecule has 0 unspecified atom stereocenters. The van der Waals surface area contributed by atoms with Gasteiger partial charge in [-0.05, 0) is 26.9 Å². The van der Waals surface area contributed by atoms with Crippen LogP contribution in [0.4, 0.5) is 0 Å². The second-order valence-corrected chi connectivity index (χ2v) is 5.83. The molecule has 2 amide bonds. The van der Waals surface area contributed by atoms with Crippen molar-refractivity contribution in [3.05, 3.63) is 0 Å². The molecule has 0 N–H and O–H groups in total. The average molecular weight is 283 g/mol. The summed E-state index contributed by atoms with van der Waals surface area (Å²) >= 11 is 0. The fraction of sp³-hybridized carbons (Fsp3) is 0.857. The van der Waals surface area contributed by atoms with Crippen LogP contribution < -0.4 is 0 Å². The Morgan fingerprint density at radius 1 is 1.05 bits per heavy atom. The van der Waals surface area contributed by atoms with Gasteiger partial charge in [0.15, 0.2) is 0 Å². The number of carbonyl (C=O) groups excluding carboxylic acids is 2. The smallest absolute Gasteiger partial charge is 0.236 e. The van der Waals surface area contributed by atoms with Crippen molar-refractivity contribution in [1.29, 1.82) is 0 Å². The van der Waals surface area contributed by atoms with Crippen molar-refractivity contribution in [2.75, 3.05) is 60.0 Å². The standard InChI is InChI=1S/C14H25N3O3/c1-15(2)11-13(18)16-5-7-17(8-6-16)14(19)12-3-9-20-10-4-12/h12H,3-11H2,1-2H3. The molecule has 6 heteroatoms. The Kier molecular flexibility index (Phi) is 5.37. The predicted octanol–water partition coefficient (Wildman–Crippen LogP) is -0.355. The van der Waals surface area contributed by atoms with Gasteiger partial charge < -0.3 is 19.4 Å². The molecule has 0 bridgehead atoms. The summed E-state index contributed by atoms with van der Waals surface area (Å²) in [4.78, 5) is 30.0. The highest BCUT2D eigenvalue weighted by atomic mass is 16.5. The summed E-state index contributed by atoms with van der Waals surface area (Å²) in [5, 5.41) is 0. The van der Waals surface area contributed by atoms with Crippen molar-refractivity contribution in [2.45, 2.75) is 12.8 Å². The zero-order valence-electron chi connectivity index (χ0n) is 12.5. The maximum Gasteiger partial charge on any atom is 0.236 e. The van der Waals surface area contributed by atoms with Crippen LogP contribution in [0.25, 0.3) is 0 Å². The highest BCUT2D eigenvalue weighted by molar-refractivity contribution is 5.80. The summed E-state index contributed by atoms with van der Waals surface area (Å²) in [6, 6.07) is 0. The second-order valence-electron chi connectivity index (χ2n) is 5.83. The molecule has 20 heavy (non-hydrogen) atoms. The summed E-state index contributed by atoms with van der Waals surface area (Å²) in [5.41, 5.74) is 0. The minimum atomic E-state index is 0.118. The van der Waals surface area contributed by atoms with E-state index in [0.29, 0.717) is 45.9 Å². The van der Waals surface area contributed by atoms with Crippen LogP contribution >= 0.6 is 0 Å². The van der Waals surface area contributed by atoms with Crippen LogP contribution in [0.1, 0.15) is 12.8 Å². The number of likely N-dealkylation sites (N-methyl/N-ethyl adjacent to an activating group) is 1. The average Bonchev–Trinajstić information content (AvgIpc) is 2.47. The molecular weight excluding hydrogens is 258 g/mol. The van der Waals surface area contributed by atoms with Gasteiger partial charge in [0, 0.05) is 45.3 Å². The number of amides is 2. The van der Waals surface area contributed by atoms with Crippen molar-refractivity contribution < 1.29 is 14.3 Å². The van der Waals surface area contributed by atoms with Gasteiger partial charge in [0.2, 0.25) is 11.8 Å². The van der Waals surface area contributed by atoms with Crippen molar-refractivity contribution in [1.82, 2.24) is 14.7 Å². The fourth-order valence-electron chi connectivity index (χ4n) is 2.75. The lowest BCUT2D eigenvalue weighted by molar-refractivity contribution is -0.144. The molecule has 0 saturated carbocycles. The molecule has 0 aromatic heterocycles. The molecule has 6 nitrogen and oxygen atoms in total. The van der Waals surface area contributed by atoms with E-state index in [0.717, 1.165) is 12.8 Å². The number of hydrogen-bond acceptors (Lipinski definition) is 4. The summed E-state index contributed by atoms with van der Waals surface area (Å²) < 4.78 is 5.29. The van der Waals surface area contributed by atoms with Gasteiger partial charge >= 0.3 is 0 Å². The van der Waals surface area contributed by atoms with Crippen molar-refractivity contribution in [3.8, 4) is 0 Å². The Balaban J connectivity index is 1.78. The Bertz CT molecular complexity index is 346. The zero-order valence-corrected chi connectivity index (χ0v) is 12.5. The van der Waals surface area contributed by atoms with E-state index in [9.17, 15) is 9.59 Å². The van der Waals surface area contributed by atoms with Gasteiger partial charge in [-0.15, -0.1) is 0 Å². The number of hydrogen-bond donors (Lipinski definition) is 0. The Morgan fingerprint density at radius 3 is 2.15 bits per heavy atom. The van der Waals surface area contributed by atoms with Crippen LogP contribution in [-0.2, 0) is 14.3 Å². The Hall–Kier alpha value is -1.14. The largest absolute Gasteiger partial charge is 0.381 e. The van der Waals surface area contributed by atoms with Crippen LogP contribution in [0.2, 0.25) is 0 Å². The lowest BCUT2D eigenvalue weighted by Crippen LogP contribution is -2.53. The fourth-order valence-corrected chi connectivity index (χ4v) is 2.75. The second kappa shape index (κ2) is 7.04. The number of piperazine rings is 1. The zero-order chi connectivity index (χ0) is 14.5. The molecule has 0 aromatic carbocycles. The molecule has 2 aliphatic rings. The van der Waals surface area contributed by atoms with Crippen LogP contribution in [0.5, 0.6) is 0 Å². The van der Waals surface area contributed by atoms with E-state index in [-0.39, 0.29) is 17.7 Å². The minimum Gasteiger partial charge on any atom is -0.381 e. The predicted molar refractivity (Wildman–Crippen MR) is 75.3 cm³/mol. The maximum absolute atomic E-state index is 12.4. The van der Waals surface area contributed by atoms with Gasteiger partial charge in [0.05, 0.1) is 6.54 Å². The van der Waals surface area contributed by atoms with E-state index >= 15 is 0 Å². The maximum atomic E-state index is 12.4. The molecule has 2 heterocycles. The van der Waals surface area contributed by atoms with E-state index < -0.39 is 0 Å². The first-order chi connectivity index (χ1) is 9.58. The summed E-state index contributed by atoms with van der Waals surface area (Å²) in [7, 11) is 3.78. The number of nitrogens with zero attached hydrogens (tertiary/aromatic N) is 3. The summed E-state index contributed by atoms with van der Waals surface area (Å²) in [5.74, 6) is 0.508. The lowest BCUT2D eigenvalue weighted by Gasteiger charge is -2.37. The number of ether oxygens (including phenoxy) is 1. The van der Waals surface area contributed by atoms with E-state index in [2.05, 4.69) is 0 Å². The van der Waals surface area contributed by atoms with Gasteiger partial charge in [0.25, 0.3) is 0 Å². The minimum absolute atomic E-state index is 0.118. The summed E-state index contributed by atoms with van der Waals surface area (Å²) in [6.07, 6.45) is 1.66. The van der Waals surface area contributed by atoms with E-state index in [1.54, 1.807) is 0 Å². The molecule has 0 aliphatic carbocycles. The first-order valence-corrected chi connectivity index (χ1v) is 7.37. The Morgan fingerprint density at radius 2 is 1.60 bits per heavy atom. The molecule has 0 aromatic rings. The third-order valence-electron chi connectivity index (χ3n) is 3.97.